The van der Waals surface area contributed by atoms with Gasteiger partial charge < -0.3 is 120 Å². The van der Waals surface area contributed by atoms with Crippen molar-refractivity contribution >= 4 is 181 Å². The Balaban J connectivity index is 0.739. The van der Waals surface area contributed by atoms with Crippen LogP contribution in [0.25, 0.3) is 44.0 Å². The van der Waals surface area contributed by atoms with E-state index in [0.29, 0.717) is 67.2 Å². The Morgan fingerprint density at radius 2 is 1.05 bits per heavy atom. The van der Waals surface area contributed by atoms with Gasteiger partial charge in [-0.15, -0.1) is 0 Å². The molecule has 0 saturated carbocycles. The van der Waals surface area contributed by atoms with Crippen LogP contribution in [0.2, 0.25) is 0 Å². The number of aliphatic carboxylic acids is 1. The molecule has 10 aromatic rings. The van der Waals surface area contributed by atoms with Gasteiger partial charge in [0.15, 0.2) is 0 Å². The maximum Gasteiger partial charge on any atom is 0.365 e. The first-order chi connectivity index (χ1) is 69.7. The number of hydrogen-bond donors (Lipinski definition) is 24. The van der Waals surface area contributed by atoms with Crippen LogP contribution in [0.5, 0.6) is 17.2 Å². The molecule has 0 bridgehead atoms. The van der Waals surface area contributed by atoms with Gasteiger partial charge in [0.2, 0.25) is 76.8 Å². The van der Waals surface area contributed by atoms with Gasteiger partial charge in [0.1, 0.15) is 89.8 Å². The molecule has 1 fully saturated rings. The SMILES string of the molecule is CC[C@H](C)[C@H](NC(=O)[C@H](Cc1cnc[nH]1)NC(=O)[C@H](CS)NC(=O)[C@H](CC(C)C)NC(=O)[C@H](CC(=O)O)NC(=O)[C@H](Cc1ccc(O)c(I)c1)NC(=O)[C@@H]1CCCN1C(=O)[C@H](CS)NC(=O)[C@H](Cc1cnc[nH]1)NC(=O)[C@H](Cc1ccccc1)NC(=O)[C@H](Cc1c[nH]c2ccccc12)NC(=O)CCCCCNC(=O)Nc1ccc(-c2c3ccc(O)cc3[o+]c3cc(O)ccc23)c(C(=O)O)c1)C(=O)N[C@@H](CC(C)C)C(N)=O. The third-order valence-corrected chi connectivity index (χ3v) is 26.4. The van der Waals surface area contributed by atoms with Crippen LogP contribution < -0.4 is 74.9 Å². The van der Waals surface area contributed by atoms with E-state index in [2.05, 4.69) is 119 Å². The maximum absolute atomic E-state index is 15.2. The highest BCUT2D eigenvalue weighted by molar-refractivity contribution is 14.1. The number of benzene rings is 6. The van der Waals surface area contributed by atoms with E-state index in [-0.39, 0.29) is 147 Å². The molecule has 42 nitrogen and oxygen atoms in total. The number of carbonyl (C=O) groups is 16. The molecule has 1 aliphatic rings. The number of hydrogen-bond acceptors (Lipinski definition) is 23. The summed E-state index contributed by atoms with van der Waals surface area (Å²) in [4.78, 5) is 246. The van der Waals surface area contributed by atoms with E-state index >= 15 is 24.0 Å². The zero-order chi connectivity index (χ0) is 106. The first-order valence-electron chi connectivity index (χ1n) is 47.8. The van der Waals surface area contributed by atoms with Gasteiger partial charge in [0.25, 0.3) is 0 Å². The lowest BCUT2D eigenvalue weighted by Gasteiger charge is -2.31. The zero-order valence-electron chi connectivity index (χ0n) is 81.0. The zero-order valence-corrected chi connectivity index (χ0v) is 84.9. The topological polar surface area (TPSA) is 644 Å². The number of rotatable bonds is 52. The number of carboxylic acid groups (broad SMARTS) is 2. The number of carboxylic acids is 2. The van der Waals surface area contributed by atoms with E-state index in [1.165, 1.54) is 90.6 Å². The van der Waals surface area contributed by atoms with E-state index in [0.717, 1.165) is 10.9 Å². The Morgan fingerprint density at radius 3 is 1.62 bits per heavy atom. The fourth-order valence-electron chi connectivity index (χ4n) is 17.0. The quantitative estimate of drug-likeness (QED) is 0.00677. The Bertz CT molecular complexity index is 6310. The van der Waals surface area contributed by atoms with Crippen molar-refractivity contribution in [1.29, 1.82) is 0 Å². The molecule has 1 saturated heterocycles. The number of thiol groups is 2. The van der Waals surface area contributed by atoms with Crippen LogP contribution in [0, 0.1) is 21.3 Å². The number of para-hydroxylation sites is 1. The molecule has 1 aliphatic heterocycles. The fourth-order valence-corrected chi connectivity index (χ4v) is 18.1. The number of phenols is 3. The first-order valence-corrected chi connectivity index (χ1v) is 50.1. The van der Waals surface area contributed by atoms with Crippen LogP contribution in [-0.4, -0.2) is 247 Å². The van der Waals surface area contributed by atoms with Gasteiger partial charge in [-0.1, -0.05) is 115 Å². The third-order valence-electron chi connectivity index (χ3n) is 24.8. The monoisotopic (exact) mass is 2160 g/mol. The first kappa shape index (κ1) is 111. The molecule has 0 aliphatic carbocycles. The normalized spacial score (nSPS) is 14.9. The molecule has 0 spiro atoms. The highest BCUT2D eigenvalue weighted by Crippen LogP contribution is 2.41. The highest BCUT2D eigenvalue weighted by Gasteiger charge is 2.43. The van der Waals surface area contributed by atoms with Crippen molar-refractivity contribution in [3.63, 3.8) is 0 Å². The number of nitrogens with one attached hydrogen (secondary N) is 16. The number of halogens is 1. The summed E-state index contributed by atoms with van der Waals surface area (Å²) in [6.45, 7) is 10.6. The second-order valence-corrected chi connectivity index (χ2v) is 38.6. The molecule has 0 unspecified atom stereocenters. The molecule has 6 aromatic carbocycles. The average molecular weight is 2160 g/mol. The van der Waals surface area contributed by atoms with Crippen LogP contribution in [0.1, 0.15) is 144 Å². The minimum Gasteiger partial charge on any atom is -0.508 e. The number of unbranched alkanes of at least 4 members (excludes halogenated alkanes) is 2. The van der Waals surface area contributed by atoms with Crippen LogP contribution in [-0.2, 0) is 99.2 Å². The summed E-state index contributed by atoms with van der Waals surface area (Å²) in [5, 5.41) is 88.4. The summed E-state index contributed by atoms with van der Waals surface area (Å²) in [6.07, 6.45) is 6.64. The number of primary amides is 1. The molecular formula is C101H122IN20O22S2+. The van der Waals surface area contributed by atoms with Gasteiger partial charge >= 0.3 is 29.1 Å². The number of amides is 15. The van der Waals surface area contributed by atoms with Crippen LogP contribution in [0.3, 0.4) is 0 Å². The van der Waals surface area contributed by atoms with E-state index in [4.69, 9.17) is 10.2 Å². The van der Waals surface area contributed by atoms with Gasteiger partial charge in [-0.05, 0) is 156 Å². The number of carbonyl (C=O) groups excluding carboxylic acids is 14. The lowest BCUT2D eigenvalue weighted by atomic mass is 9.93. The number of phenolic OH excluding ortho intramolecular Hbond substituents is 3. The third kappa shape index (κ3) is 31.3. The summed E-state index contributed by atoms with van der Waals surface area (Å²) in [5.41, 5.74) is 9.77. The van der Waals surface area contributed by atoms with Crippen molar-refractivity contribution in [2.24, 2.45) is 23.5 Å². The van der Waals surface area contributed by atoms with Crippen molar-refractivity contribution in [1.82, 2.24) is 93.6 Å². The van der Waals surface area contributed by atoms with Gasteiger partial charge in [-0.2, -0.15) is 25.3 Å². The smallest absolute Gasteiger partial charge is 0.365 e. The van der Waals surface area contributed by atoms with E-state index < -0.39 is 185 Å². The predicted octanol–water partition coefficient (Wildman–Crippen LogP) is 6.06. The molecule has 45 heteroatoms. The number of aromatic carboxylic acids is 1. The van der Waals surface area contributed by atoms with Gasteiger partial charge in [0.05, 0.1) is 51.1 Å². The number of aromatic amines is 3. The van der Waals surface area contributed by atoms with E-state index in [9.17, 15) is 78.3 Å². The van der Waals surface area contributed by atoms with Crippen molar-refractivity contribution in [3.05, 3.63) is 196 Å². The number of imidazole rings is 2. The number of aromatic hydroxyl groups is 3. The second kappa shape index (κ2) is 53.1. The number of H-pyrrole nitrogens is 3. The number of likely N-dealkylation sites (tertiary alicyclic amines) is 1. The summed E-state index contributed by atoms with van der Waals surface area (Å²) < 4.78 is 6.30. The lowest BCUT2D eigenvalue weighted by molar-refractivity contribution is -0.142. The van der Waals surface area contributed by atoms with E-state index in [1.54, 1.807) is 82.4 Å². The van der Waals surface area contributed by atoms with Gasteiger partial charge in [0, 0.05) is 115 Å². The molecule has 5 heterocycles. The molecule has 146 heavy (non-hydrogen) atoms. The summed E-state index contributed by atoms with van der Waals surface area (Å²) in [6, 6.07) is 14.9. The Morgan fingerprint density at radius 1 is 0.521 bits per heavy atom. The molecule has 4 aromatic heterocycles. The van der Waals surface area contributed by atoms with Crippen molar-refractivity contribution in [2.75, 3.05) is 29.9 Å². The van der Waals surface area contributed by atoms with Crippen molar-refractivity contribution in [3.8, 4) is 28.4 Å². The van der Waals surface area contributed by atoms with Crippen molar-refractivity contribution in [2.45, 2.75) is 210 Å². The minimum absolute atomic E-state index is 0.00631. The molecule has 776 valence electrons. The number of urea groups is 1. The largest absolute Gasteiger partial charge is 0.508 e. The molecule has 23 N–H and O–H groups in total. The number of fused-ring (bicyclic) bond motifs is 3. The fraction of sp³-hybridized carbons (Fsp3) is 0.396. The number of nitrogens with two attached hydrogens (primary N) is 1. The molecule has 13 atom stereocenters. The van der Waals surface area contributed by atoms with Gasteiger partial charge in [-0.3, -0.25) is 67.1 Å². The second-order valence-electron chi connectivity index (χ2n) is 36.8. The molecule has 11 rings (SSSR count). The Kier molecular flexibility index (Phi) is 40.5. The average Bonchev–Trinajstić information content (AvgIpc) is 0.864. The minimum atomic E-state index is -1.98. The molecular weight excluding hydrogens is 2040 g/mol. The lowest BCUT2D eigenvalue weighted by Crippen LogP contribution is -2.62. The van der Waals surface area contributed by atoms with Crippen LogP contribution in [0.15, 0.2) is 163 Å². The molecule has 15 amide bonds. The number of aromatic nitrogens is 5. The van der Waals surface area contributed by atoms with Crippen LogP contribution >= 0.6 is 47.8 Å². The summed E-state index contributed by atoms with van der Waals surface area (Å²) in [5.74, 6) is -16.4. The number of nitrogens with zero attached hydrogens (tertiary/aromatic N) is 3. The van der Waals surface area contributed by atoms with Crippen LogP contribution in [0.4, 0.5) is 10.5 Å². The molecule has 0 radical (unpaired) electrons. The predicted molar refractivity (Wildman–Crippen MR) is 554 cm³/mol. The summed E-state index contributed by atoms with van der Waals surface area (Å²) >= 11 is 10.7. The van der Waals surface area contributed by atoms with E-state index in [1.807, 2.05) is 54.6 Å². The Labute approximate surface area is 863 Å². The number of anilines is 1. The van der Waals surface area contributed by atoms with Crippen molar-refractivity contribution < 1.29 is 107 Å². The maximum atomic E-state index is 15.2. The van der Waals surface area contributed by atoms with Gasteiger partial charge in [-0.25, -0.2) is 24.0 Å². The highest BCUT2D eigenvalue weighted by atomic mass is 127. The Hall–Kier alpha value is -14.9. The standard InChI is InChI=1S/C101H121IN20O22S2/c1-7-54(6)87(98(139)112-70(88(103)129)33-52(2)3)121-95(136)76(41-60-47-105-51-109-60)116-96(137)78(48-145)119-89(130)71(34-53(4)5)113-94(135)77(44-85(127)128)117-91(132)73(37-56-23-30-81(125)68(102)35-56)118-97(138)80-21-16-32-122(80)99(140)79(49-146)120-93(134)75(40-59-46-104-50-108-59)115-90(131)72(36-55-17-10-8-11-18-55)114-92(133)74(38-57-45-107-69-20-14-13-19-63(57)69)111-84(126)22-12-9-15-31-106-101(143)110-58-24-27-64(67(39-58)100(141)142)86-65-28-25-61(123)42-82(65)144-83-43-62(124)26-29-66(83)86/h8,10-11,13-14,17-20,23-30,35,39,42-43,45-47,50-54,70-80,87,107H,7,9,12,15-16,21-22,31-34,36-38,40-41,44,48-49H2,1-6H3,(H23-,103,104,105,106,108,109,110,111,112,113,114,115,116,117,118,119,120,121,123,124,125,126,127,128,129,130,131,132,133,134,135,136,137,138,139,141,142,143,145,146)/p+1/t54-,70-,71-,72-,73-,74-,75-,76-,77-,78-,79-,80-,87-/m0/s1. The summed E-state index contributed by atoms with van der Waals surface area (Å²) in [7, 11) is 0.